The van der Waals surface area contributed by atoms with Gasteiger partial charge in [-0.25, -0.2) is 4.98 Å². The van der Waals surface area contributed by atoms with Crippen LogP contribution in [0.15, 0.2) is 0 Å². The molecule has 80 valence electrons. The number of fused-ring (bicyclic) bond motifs is 1. The molecule has 1 aromatic rings. The first-order chi connectivity index (χ1) is 7.11. The van der Waals surface area contributed by atoms with E-state index in [0.29, 0.717) is 24.1 Å². The molecule has 6 nitrogen and oxygen atoms in total. The number of aromatic nitrogens is 1. The van der Waals surface area contributed by atoms with E-state index in [1.807, 2.05) is 0 Å². The smallest absolute Gasteiger partial charge is 0.372 e. The van der Waals surface area contributed by atoms with Crippen molar-refractivity contribution in [1.82, 2.24) is 4.98 Å². The molecule has 0 fully saturated rings. The van der Waals surface area contributed by atoms with Gasteiger partial charge in [0.2, 0.25) is 5.75 Å². The third kappa shape index (κ3) is 1.47. The number of rotatable bonds is 1. The van der Waals surface area contributed by atoms with Crippen LogP contribution in [0.1, 0.15) is 24.1 Å². The topological polar surface area (TPSA) is 96.5 Å². The van der Waals surface area contributed by atoms with Gasteiger partial charge in [0, 0.05) is 5.56 Å². The quantitative estimate of drug-likeness (QED) is 0.537. The lowest BCUT2D eigenvalue weighted by Crippen LogP contribution is -2.07. The molecule has 1 heterocycles. The SMILES string of the molecule is O=[N+]([O-])c1c(O)nc2c(c1O)CCCC2. The molecule has 2 rings (SSSR count). The normalized spacial score (nSPS) is 14.7. The Labute approximate surface area is 85.3 Å². The van der Waals surface area contributed by atoms with Crippen LogP contribution < -0.4 is 0 Å². The first-order valence-electron chi connectivity index (χ1n) is 4.69. The fraction of sp³-hybridized carbons (Fsp3) is 0.444. The molecule has 0 unspecified atom stereocenters. The highest BCUT2D eigenvalue weighted by molar-refractivity contribution is 5.58. The third-order valence-corrected chi connectivity index (χ3v) is 2.58. The average molecular weight is 210 g/mol. The summed E-state index contributed by atoms with van der Waals surface area (Å²) in [6, 6.07) is 0. The summed E-state index contributed by atoms with van der Waals surface area (Å²) in [4.78, 5) is 13.5. The van der Waals surface area contributed by atoms with Crippen molar-refractivity contribution < 1.29 is 15.1 Å². The van der Waals surface area contributed by atoms with Crippen molar-refractivity contribution >= 4 is 5.69 Å². The highest BCUT2D eigenvalue weighted by Gasteiger charge is 2.28. The van der Waals surface area contributed by atoms with Crippen molar-refractivity contribution in [2.24, 2.45) is 0 Å². The van der Waals surface area contributed by atoms with Crippen LogP contribution in [0, 0.1) is 10.1 Å². The van der Waals surface area contributed by atoms with Gasteiger partial charge in [-0.3, -0.25) is 10.1 Å². The second kappa shape index (κ2) is 3.38. The molecule has 0 saturated heterocycles. The Balaban J connectivity index is 2.64. The van der Waals surface area contributed by atoms with Crippen LogP contribution in [0.25, 0.3) is 0 Å². The molecule has 1 aromatic heterocycles. The number of aryl methyl sites for hydroxylation is 1. The molecule has 0 radical (unpaired) electrons. The summed E-state index contributed by atoms with van der Waals surface area (Å²) in [6.45, 7) is 0. The summed E-state index contributed by atoms with van der Waals surface area (Å²) in [7, 11) is 0. The zero-order valence-electron chi connectivity index (χ0n) is 7.93. The van der Waals surface area contributed by atoms with Crippen LogP contribution in [-0.4, -0.2) is 20.1 Å². The van der Waals surface area contributed by atoms with Crippen LogP contribution in [0.4, 0.5) is 5.69 Å². The van der Waals surface area contributed by atoms with E-state index in [4.69, 9.17) is 0 Å². The van der Waals surface area contributed by atoms with Gasteiger partial charge in [0.05, 0.1) is 10.6 Å². The number of hydrogen-bond acceptors (Lipinski definition) is 5. The minimum Gasteiger partial charge on any atom is -0.502 e. The first kappa shape index (κ1) is 9.70. The molecule has 1 aliphatic rings. The fourth-order valence-electron chi connectivity index (χ4n) is 1.87. The van der Waals surface area contributed by atoms with Crippen molar-refractivity contribution in [3.05, 3.63) is 21.4 Å². The zero-order chi connectivity index (χ0) is 11.0. The van der Waals surface area contributed by atoms with Crippen LogP contribution in [0.3, 0.4) is 0 Å². The Morgan fingerprint density at radius 2 is 1.93 bits per heavy atom. The van der Waals surface area contributed by atoms with Crippen molar-refractivity contribution in [3.8, 4) is 11.6 Å². The lowest BCUT2D eigenvalue weighted by molar-refractivity contribution is -0.387. The van der Waals surface area contributed by atoms with E-state index >= 15 is 0 Å². The standard InChI is InChI=1S/C9H10N2O4/c12-8-5-3-1-2-4-6(5)10-9(13)7(8)11(14)15/h1-4H2,(H2,10,12,13). The maximum Gasteiger partial charge on any atom is 0.372 e. The van der Waals surface area contributed by atoms with Crippen LogP contribution in [0.5, 0.6) is 11.6 Å². The number of nitrogens with zero attached hydrogens (tertiary/aromatic N) is 2. The molecule has 0 aromatic carbocycles. The molecule has 0 amide bonds. The second-order valence-corrected chi connectivity index (χ2v) is 3.52. The van der Waals surface area contributed by atoms with Crippen LogP contribution in [0.2, 0.25) is 0 Å². The monoisotopic (exact) mass is 210 g/mol. The van der Waals surface area contributed by atoms with E-state index in [9.17, 15) is 20.3 Å². The van der Waals surface area contributed by atoms with Gasteiger partial charge < -0.3 is 10.2 Å². The molecule has 0 spiro atoms. The second-order valence-electron chi connectivity index (χ2n) is 3.52. The van der Waals surface area contributed by atoms with Crippen molar-refractivity contribution in [2.45, 2.75) is 25.7 Å². The predicted octanol–water partition coefficient (Wildman–Crippen LogP) is 1.28. The average Bonchev–Trinajstić information content (AvgIpc) is 2.17. The van der Waals surface area contributed by atoms with Gasteiger partial charge in [-0.1, -0.05) is 0 Å². The highest BCUT2D eigenvalue weighted by Crippen LogP contribution is 2.40. The number of nitro groups is 1. The van der Waals surface area contributed by atoms with E-state index < -0.39 is 22.2 Å². The van der Waals surface area contributed by atoms with Crippen molar-refractivity contribution in [3.63, 3.8) is 0 Å². The van der Waals surface area contributed by atoms with Crippen molar-refractivity contribution in [1.29, 1.82) is 0 Å². The molecule has 1 aliphatic carbocycles. The maximum absolute atomic E-state index is 10.6. The Bertz CT molecular complexity index is 431. The molecule has 0 saturated carbocycles. The Morgan fingerprint density at radius 1 is 1.27 bits per heavy atom. The molecule has 2 N–H and O–H groups in total. The largest absolute Gasteiger partial charge is 0.502 e. The van der Waals surface area contributed by atoms with Crippen LogP contribution in [-0.2, 0) is 12.8 Å². The fourth-order valence-corrected chi connectivity index (χ4v) is 1.87. The number of aromatic hydroxyl groups is 2. The molecule has 0 atom stereocenters. The number of pyridine rings is 1. The Morgan fingerprint density at radius 3 is 2.60 bits per heavy atom. The molecule has 6 heteroatoms. The summed E-state index contributed by atoms with van der Waals surface area (Å²) in [5.74, 6) is -1.12. The van der Waals surface area contributed by atoms with E-state index in [0.717, 1.165) is 12.8 Å². The Kier molecular flexibility index (Phi) is 2.18. The summed E-state index contributed by atoms with van der Waals surface area (Å²) in [5, 5.41) is 29.5. The molecular weight excluding hydrogens is 200 g/mol. The predicted molar refractivity (Wildman–Crippen MR) is 50.9 cm³/mol. The van der Waals surface area contributed by atoms with Gasteiger partial charge in [-0.05, 0) is 25.7 Å². The lowest BCUT2D eigenvalue weighted by atomic mass is 9.95. The minimum atomic E-state index is -0.813. The van der Waals surface area contributed by atoms with Crippen molar-refractivity contribution in [2.75, 3.05) is 0 Å². The van der Waals surface area contributed by atoms with E-state index in [-0.39, 0.29) is 0 Å². The molecule has 15 heavy (non-hydrogen) atoms. The summed E-state index contributed by atoms with van der Waals surface area (Å²) >= 11 is 0. The zero-order valence-corrected chi connectivity index (χ0v) is 7.93. The van der Waals surface area contributed by atoms with Gasteiger partial charge >= 0.3 is 5.69 Å². The minimum absolute atomic E-state index is 0.429. The lowest BCUT2D eigenvalue weighted by Gasteiger charge is -2.15. The van der Waals surface area contributed by atoms with Gasteiger partial charge in [0.15, 0.2) is 0 Å². The van der Waals surface area contributed by atoms with Crippen LogP contribution >= 0.6 is 0 Å². The Hall–Kier alpha value is -1.85. The number of hydrogen-bond donors (Lipinski definition) is 2. The van der Waals surface area contributed by atoms with E-state index in [1.54, 1.807) is 0 Å². The maximum atomic E-state index is 10.6. The summed E-state index contributed by atoms with van der Waals surface area (Å²) in [6.07, 6.45) is 3.03. The van der Waals surface area contributed by atoms with Gasteiger partial charge in [-0.15, -0.1) is 0 Å². The van der Waals surface area contributed by atoms with Gasteiger partial charge in [0.25, 0.3) is 5.88 Å². The van der Waals surface area contributed by atoms with Gasteiger partial charge in [-0.2, -0.15) is 0 Å². The third-order valence-electron chi connectivity index (χ3n) is 2.58. The molecule has 0 aliphatic heterocycles. The first-order valence-corrected chi connectivity index (χ1v) is 4.69. The summed E-state index contributed by atoms with van der Waals surface area (Å²) < 4.78 is 0. The van der Waals surface area contributed by atoms with E-state index in [1.165, 1.54) is 0 Å². The van der Waals surface area contributed by atoms with E-state index in [2.05, 4.69) is 4.98 Å². The molecular formula is C9H10N2O4. The molecule has 0 bridgehead atoms. The van der Waals surface area contributed by atoms with Gasteiger partial charge in [0.1, 0.15) is 0 Å². The highest BCUT2D eigenvalue weighted by atomic mass is 16.6. The summed E-state index contributed by atoms with van der Waals surface area (Å²) in [5.41, 5.74) is 0.392.